The molecule has 0 aliphatic heterocycles. The number of hydrogen-bond donors (Lipinski definition) is 1. The van der Waals surface area contributed by atoms with Crippen molar-refractivity contribution in [2.45, 2.75) is 58.5 Å². The van der Waals surface area contributed by atoms with Crippen molar-refractivity contribution >= 4 is 23.1 Å². The van der Waals surface area contributed by atoms with E-state index in [9.17, 15) is 10.1 Å². The van der Waals surface area contributed by atoms with Gasteiger partial charge in [-0.15, -0.1) is 10.2 Å². The van der Waals surface area contributed by atoms with Gasteiger partial charge in [0.15, 0.2) is 0 Å². The van der Waals surface area contributed by atoms with Gasteiger partial charge in [-0.2, -0.15) is 21.4 Å². The third kappa shape index (κ3) is 3.80. The van der Waals surface area contributed by atoms with Crippen LogP contribution in [0.2, 0.25) is 0 Å². The smallest absolute Gasteiger partial charge is 0.249 e. The molecule has 1 amide bonds. The maximum Gasteiger partial charge on any atom is 0.249 e. The summed E-state index contributed by atoms with van der Waals surface area (Å²) in [7, 11) is 0. The Hall–Kier alpha value is -2.99. The van der Waals surface area contributed by atoms with Crippen LogP contribution in [0.1, 0.15) is 55.0 Å². The van der Waals surface area contributed by atoms with Crippen LogP contribution in [0.15, 0.2) is 16.8 Å². The second-order valence-corrected chi connectivity index (χ2v) is 8.19. The van der Waals surface area contributed by atoms with Crippen LogP contribution in [-0.4, -0.2) is 30.7 Å². The second-order valence-electron chi connectivity index (χ2n) is 7.41. The minimum absolute atomic E-state index is 0.0596. The first-order chi connectivity index (χ1) is 14.1. The number of thiophene rings is 1. The van der Waals surface area contributed by atoms with E-state index >= 15 is 0 Å². The van der Waals surface area contributed by atoms with E-state index in [1.54, 1.807) is 11.3 Å². The summed E-state index contributed by atoms with van der Waals surface area (Å²) in [4.78, 5) is 14.0. The van der Waals surface area contributed by atoms with E-state index < -0.39 is 0 Å². The molecule has 1 saturated carbocycles. The summed E-state index contributed by atoms with van der Waals surface area (Å²) >= 11 is 1.55. The van der Waals surface area contributed by atoms with Crippen molar-refractivity contribution < 1.29 is 4.79 Å². The highest BCUT2D eigenvalue weighted by molar-refractivity contribution is 7.08. The zero-order valence-electron chi connectivity index (χ0n) is 16.6. The zero-order valence-corrected chi connectivity index (χ0v) is 17.4. The van der Waals surface area contributed by atoms with Crippen LogP contribution in [0.4, 0.5) is 5.82 Å². The minimum atomic E-state index is -0.273. The molecule has 1 aliphatic rings. The van der Waals surface area contributed by atoms with Gasteiger partial charge in [0.05, 0.1) is 5.56 Å². The van der Waals surface area contributed by atoms with Gasteiger partial charge in [0.1, 0.15) is 18.4 Å². The van der Waals surface area contributed by atoms with Gasteiger partial charge < -0.3 is 9.88 Å². The number of nitrogens with zero attached hydrogens (tertiary/aromatic N) is 6. The van der Waals surface area contributed by atoms with Gasteiger partial charge in [0.25, 0.3) is 0 Å². The van der Waals surface area contributed by atoms with Crippen molar-refractivity contribution in [3.8, 4) is 17.5 Å². The molecule has 3 heterocycles. The molecule has 0 atom stereocenters. The number of nitrogens with one attached hydrogen (secondary N) is 1. The van der Waals surface area contributed by atoms with Crippen molar-refractivity contribution in [1.29, 1.82) is 5.26 Å². The molecule has 0 saturated heterocycles. The van der Waals surface area contributed by atoms with E-state index in [1.807, 2.05) is 30.7 Å². The molecule has 4 rings (SSSR count). The van der Waals surface area contributed by atoms with Gasteiger partial charge in [-0.1, -0.05) is 19.3 Å². The number of amides is 1. The van der Waals surface area contributed by atoms with Crippen molar-refractivity contribution in [2.75, 3.05) is 5.32 Å². The molecular weight excluding hydrogens is 386 g/mol. The number of carbonyl (C=O) groups is 1. The summed E-state index contributed by atoms with van der Waals surface area (Å²) < 4.78 is 2.15. The molecule has 9 heteroatoms. The number of rotatable bonds is 5. The highest BCUT2D eigenvalue weighted by Gasteiger charge is 2.26. The van der Waals surface area contributed by atoms with Gasteiger partial charge in [-0.05, 0) is 48.9 Å². The summed E-state index contributed by atoms with van der Waals surface area (Å²) in [5, 5.41) is 28.8. The zero-order chi connectivity index (χ0) is 20.4. The molecule has 1 fully saturated rings. The molecule has 29 heavy (non-hydrogen) atoms. The first kappa shape index (κ1) is 19.3. The maximum absolute atomic E-state index is 12.7. The molecule has 3 aromatic rings. The molecule has 150 valence electrons. The van der Waals surface area contributed by atoms with E-state index in [0.29, 0.717) is 23.2 Å². The molecular formula is C20H23N7OS. The molecule has 0 radical (unpaired) electrons. The lowest BCUT2D eigenvalue weighted by Gasteiger charge is -2.27. The minimum Gasteiger partial charge on any atom is -0.327 e. The first-order valence-corrected chi connectivity index (χ1v) is 10.7. The van der Waals surface area contributed by atoms with Crippen LogP contribution < -0.4 is 5.32 Å². The van der Waals surface area contributed by atoms with Crippen molar-refractivity contribution in [2.24, 2.45) is 0 Å². The van der Waals surface area contributed by atoms with Crippen molar-refractivity contribution in [1.82, 2.24) is 24.8 Å². The fraction of sp³-hybridized carbons (Fsp3) is 0.450. The van der Waals surface area contributed by atoms with Crippen LogP contribution in [0.5, 0.6) is 0 Å². The fourth-order valence-electron chi connectivity index (χ4n) is 4.00. The molecule has 1 aliphatic carbocycles. The van der Waals surface area contributed by atoms with E-state index in [4.69, 9.17) is 0 Å². The summed E-state index contributed by atoms with van der Waals surface area (Å²) in [5.74, 6) is 0.817. The number of nitriles is 1. The molecule has 3 aromatic heterocycles. The number of anilines is 1. The fourth-order valence-corrected chi connectivity index (χ4v) is 4.63. The number of tetrazole rings is 1. The van der Waals surface area contributed by atoms with E-state index in [2.05, 4.69) is 31.4 Å². The lowest BCUT2D eigenvalue weighted by atomic mass is 9.95. The Bertz CT molecular complexity index is 1050. The molecule has 0 unspecified atom stereocenters. The van der Waals surface area contributed by atoms with E-state index in [-0.39, 0.29) is 12.5 Å². The molecule has 8 nitrogen and oxygen atoms in total. The Morgan fingerprint density at radius 3 is 2.83 bits per heavy atom. The Kier molecular flexibility index (Phi) is 5.45. The summed E-state index contributed by atoms with van der Waals surface area (Å²) in [6.45, 7) is 3.90. The Labute approximate surface area is 173 Å². The quantitative estimate of drug-likeness (QED) is 0.690. The third-order valence-corrected chi connectivity index (χ3v) is 6.27. The first-order valence-electron chi connectivity index (χ1n) is 9.80. The highest BCUT2D eigenvalue weighted by atomic mass is 32.1. The average molecular weight is 410 g/mol. The van der Waals surface area contributed by atoms with Gasteiger partial charge in [-0.25, -0.2) is 0 Å². The Balaban J connectivity index is 1.56. The van der Waals surface area contributed by atoms with E-state index in [0.717, 1.165) is 29.7 Å². The van der Waals surface area contributed by atoms with Gasteiger partial charge >= 0.3 is 0 Å². The second kappa shape index (κ2) is 8.17. The SMILES string of the molecule is Cc1c(C#N)c(NC(=O)Cn2nnc(-c3ccsc3)n2)n(C2CCCCC2)c1C. The largest absolute Gasteiger partial charge is 0.327 e. The topological polar surface area (TPSA) is 101 Å². The molecule has 0 bridgehead atoms. The van der Waals surface area contributed by atoms with Gasteiger partial charge in [0, 0.05) is 22.7 Å². The monoisotopic (exact) mass is 409 g/mol. The van der Waals surface area contributed by atoms with Crippen LogP contribution >= 0.6 is 11.3 Å². The Morgan fingerprint density at radius 1 is 1.34 bits per heavy atom. The predicted octanol–water partition coefficient (Wildman–Crippen LogP) is 3.84. The normalized spacial score (nSPS) is 14.7. The summed E-state index contributed by atoms with van der Waals surface area (Å²) in [6, 6.07) is 4.50. The molecule has 0 aromatic carbocycles. The number of carbonyl (C=O) groups excluding carboxylic acids is 1. The third-order valence-electron chi connectivity index (χ3n) is 5.58. The maximum atomic E-state index is 12.7. The Morgan fingerprint density at radius 2 is 2.14 bits per heavy atom. The van der Waals surface area contributed by atoms with Crippen LogP contribution in [0, 0.1) is 25.2 Å². The standard InChI is InChI=1S/C20H23N7OS/c1-13-14(2)27(16-6-4-3-5-7-16)20(17(13)10-21)22-18(28)11-26-24-19(23-25-26)15-8-9-29-12-15/h8-9,12,16H,3-7,11H2,1-2H3,(H,22,28). The average Bonchev–Trinajstić information content (AvgIpc) is 3.44. The number of aromatic nitrogens is 5. The lowest BCUT2D eigenvalue weighted by Crippen LogP contribution is -2.24. The lowest BCUT2D eigenvalue weighted by molar-refractivity contribution is -0.117. The van der Waals surface area contributed by atoms with Crippen LogP contribution in [0.25, 0.3) is 11.4 Å². The summed E-state index contributed by atoms with van der Waals surface area (Å²) in [6.07, 6.45) is 5.72. The van der Waals surface area contributed by atoms with Gasteiger partial charge in [0.2, 0.25) is 11.7 Å². The highest BCUT2D eigenvalue weighted by Crippen LogP contribution is 2.36. The van der Waals surface area contributed by atoms with E-state index in [1.165, 1.54) is 24.1 Å². The molecule has 0 spiro atoms. The van der Waals surface area contributed by atoms with Crippen LogP contribution in [-0.2, 0) is 11.3 Å². The van der Waals surface area contributed by atoms with Gasteiger partial charge in [-0.3, -0.25) is 4.79 Å². The van der Waals surface area contributed by atoms with Crippen molar-refractivity contribution in [3.63, 3.8) is 0 Å². The predicted molar refractivity (Wildman–Crippen MR) is 111 cm³/mol. The van der Waals surface area contributed by atoms with Crippen LogP contribution in [0.3, 0.4) is 0 Å². The van der Waals surface area contributed by atoms with Crippen molar-refractivity contribution in [3.05, 3.63) is 33.6 Å². The molecule has 1 N–H and O–H groups in total. The number of hydrogen-bond acceptors (Lipinski definition) is 6. The summed E-state index contributed by atoms with van der Waals surface area (Å²) in [5.41, 5.74) is 3.38.